The predicted octanol–water partition coefficient (Wildman–Crippen LogP) is 1.89. The van der Waals surface area contributed by atoms with Crippen LogP contribution in [0.2, 0.25) is 0 Å². The molecule has 0 aromatic heterocycles. The zero-order valence-corrected chi connectivity index (χ0v) is 16.0. The van der Waals surface area contributed by atoms with Gasteiger partial charge in [-0.15, -0.1) is 0 Å². The largest absolute Gasteiger partial charge is 0.394 e. The molecule has 0 radical (unpaired) electrons. The maximum atomic E-state index is 13.1. The minimum atomic E-state index is -0.302. The van der Waals surface area contributed by atoms with E-state index in [2.05, 4.69) is 42.9 Å². The van der Waals surface area contributed by atoms with Crippen molar-refractivity contribution >= 4 is 5.91 Å². The molecular weight excluding hydrogens is 314 g/mol. The minimum Gasteiger partial charge on any atom is -0.394 e. The van der Waals surface area contributed by atoms with E-state index in [0.29, 0.717) is 0 Å². The topological polar surface area (TPSA) is 55.8 Å². The van der Waals surface area contributed by atoms with Gasteiger partial charge in [0.25, 0.3) is 0 Å². The van der Waals surface area contributed by atoms with Crippen LogP contribution in [0.4, 0.5) is 0 Å². The summed E-state index contributed by atoms with van der Waals surface area (Å²) in [7, 11) is 2.11. The second-order valence-corrected chi connectivity index (χ2v) is 8.31. The van der Waals surface area contributed by atoms with E-state index < -0.39 is 0 Å². The molecule has 2 atom stereocenters. The van der Waals surface area contributed by atoms with Crippen LogP contribution in [0.5, 0.6) is 0 Å². The third-order valence-electron chi connectivity index (χ3n) is 4.69. The number of nitrogens with one attached hydrogen (secondary N) is 1. The van der Waals surface area contributed by atoms with Crippen LogP contribution in [0, 0.1) is 5.41 Å². The first kappa shape index (κ1) is 19.9. The quantitative estimate of drug-likeness (QED) is 0.825. The van der Waals surface area contributed by atoms with E-state index in [-0.39, 0.29) is 30.0 Å². The van der Waals surface area contributed by atoms with E-state index in [1.165, 1.54) is 0 Å². The summed E-state index contributed by atoms with van der Waals surface area (Å²) >= 11 is 0. The Balaban J connectivity index is 2.15. The molecule has 0 aliphatic carbocycles. The Morgan fingerprint density at radius 2 is 1.76 bits per heavy atom. The number of aliphatic hydroxyl groups excluding tert-OH is 1. The molecule has 0 saturated carbocycles. The van der Waals surface area contributed by atoms with Crippen molar-refractivity contribution < 1.29 is 9.90 Å². The van der Waals surface area contributed by atoms with Crippen LogP contribution in [-0.2, 0) is 4.79 Å². The van der Waals surface area contributed by atoms with Crippen molar-refractivity contribution in [3.8, 4) is 0 Å². The van der Waals surface area contributed by atoms with E-state index in [1.807, 2.05) is 30.3 Å². The van der Waals surface area contributed by atoms with Gasteiger partial charge in [0.1, 0.15) is 6.04 Å². The number of hydrogen-bond acceptors (Lipinski definition) is 4. The Labute approximate surface area is 152 Å². The maximum absolute atomic E-state index is 13.1. The van der Waals surface area contributed by atoms with Gasteiger partial charge in [0.2, 0.25) is 5.91 Å². The molecule has 2 unspecified atom stereocenters. The van der Waals surface area contributed by atoms with E-state index in [9.17, 15) is 9.90 Å². The summed E-state index contributed by atoms with van der Waals surface area (Å²) < 4.78 is 0. The molecule has 5 nitrogen and oxygen atoms in total. The van der Waals surface area contributed by atoms with Gasteiger partial charge in [0, 0.05) is 26.2 Å². The molecule has 1 saturated heterocycles. The Morgan fingerprint density at radius 3 is 2.28 bits per heavy atom. The smallest absolute Gasteiger partial charge is 0.242 e. The SMILES string of the molecule is CN1CCN(C(C(=O)NC(CO)CC(C)(C)C)c2ccccc2)CC1. The highest BCUT2D eigenvalue weighted by molar-refractivity contribution is 5.83. The van der Waals surface area contributed by atoms with Crippen molar-refractivity contribution in [3.05, 3.63) is 35.9 Å². The molecule has 5 heteroatoms. The standard InChI is InChI=1S/C20H33N3O2/c1-20(2,3)14-17(15-24)21-19(25)18(16-8-6-5-7-9-16)23-12-10-22(4)11-13-23/h5-9,17-18,24H,10-15H2,1-4H3,(H,21,25). The van der Waals surface area contributed by atoms with Crippen molar-refractivity contribution in [2.24, 2.45) is 5.41 Å². The molecule has 1 aromatic carbocycles. The fourth-order valence-electron chi connectivity index (χ4n) is 3.42. The fraction of sp³-hybridized carbons (Fsp3) is 0.650. The van der Waals surface area contributed by atoms with Crippen LogP contribution in [0.15, 0.2) is 30.3 Å². The van der Waals surface area contributed by atoms with Crippen molar-refractivity contribution in [2.75, 3.05) is 39.8 Å². The van der Waals surface area contributed by atoms with Crippen LogP contribution in [0.1, 0.15) is 38.8 Å². The second kappa shape index (κ2) is 8.79. The highest BCUT2D eigenvalue weighted by Gasteiger charge is 2.31. The average molecular weight is 348 g/mol. The monoisotopic (exact) mass is 347 g/mol. The lowest BCUT2D eigenvalue weighted by atomic mass is 9.88. The highest BCUT2D eigenvalue weighted by atomic mass is 16.3. The van der Waals surface area contributed by atoms with Gasteiger partial charge < -0.3 is 15.3 Å². The first-order valence-corrected chi connectivity index (χ1v) is 9.19. The summed E-state index contributed by atoms with van der Waals surface area (Å²) in [5.74, 6) is -0.0148. The van der Waals surface area contributed by atoms with Crippen LogP contribution in [-0.4, -0.2) is 66.7 Å². The highest BCUT2D eigenvalue weighted by Crippen LogP contribution is 2.24. The Morgan fingerprint density at radius 1 is 1.16 bits per heavy atom. The third kappa shape index (κ3) is 6.10. The van der Waals surface area contributed by atoms with Gasteiger partial charge in [-0.3, -0.25) is 9.69 Å². The number of likely N-dealkylation sites (N-methyl/N-ethyl adjacent to an activating group) is 1. The molecule has 2 N–H and O–H groups in total. The van der Waals surface area contributed by atoms with E-state index in [1.54, 1.807) is 0 Å². The zero-order chi connectivity index (χ0) is 18.4. The van der Waals surface area contributed by atoms with Gasteiger partial charge in [0.15, 0.2) is 0 Å². The van der Waals surface area contributed by atoms with Crippen LogP contribution in [0.25, 0.3) is 0 Å². The number of amides is 1. The number of benzene rings is 1. The van der Waals surface area contributed by atoms with Crippen molar-refractivity contribution in [2.45, 2.75) is 39.3 Å². The van der Waals surface area contributed by atoms with E-state index in [4.69, 9.17) is 0 Å². The van der Waals surface area contributed by atoms with Gasteiger partial charge in [-0.05, 0) is 24.4 Å². The molecule has 1 aliphatic rings. The summed E-state index contributed by atoms with van der Waals surface area (Å²) in [4.78, 5) is 17.6. The molecule has 1 aromatic rings. The first-order valence-electron chi connectivity index (χ1n) is 9.19. The predicted molar refractivity (Wildman–Crippen MR) is 101 cm³/mol. The Bertz CT molecular complexity index is 534. The second-order valence-electron chi connectivity index (χ2n) is 8.31. The molecule has 0 spiro atoms. The van der Waals surface area contributed by atoms with Crippen LogP contribution in [0.3, 0.4) is 0 Å². The summed E-state index contributed by atoms with van der Waals surface area (Å²) in [6.45, 7) is 9.99. The molecule has 1 fully saturated rings. The number of carbonyl (C=O) groups excluding carboxylic acids is 1. The molecule has 25 heavy (non-hydrogen) atoms. The lowest BCUT2D eigenvalue weighted by Crippen LogP contribution is -2.52. The van der Waals surface area contributed by atoms with Crippen LogP contribution >= 0.6 is 0 Å². The normalized spacial score (nSPS) is 19.4. The number of piperazine rings is 1. The van der Waals surface area contributed by atoms with Gasteiger partial charge in [-0.1, -0.05) is 51.1 Å². The van der Waals surface area contributed by atoms with Gasteiger partial charge in [-0.25, -0.2) is 0 Å². The average Bonchev–Trinajstić information content (AvgIpc) is 2.56. The minimum absolute atomic E-state index is 0.0148. The molecule has 0 bridgehead atoms. The lowest BCUT2D eigenvalue weighted by molar-refractivity contribution is -0.128. The van der Waals surface area contributed by atoms with Gasteiger partial charge >= 0.3 is 0 Å². The number of carbonyl (C=O) groups is 1. The summed E-state index contributed by atoms with van der Waals surface area (Å²) in [6, 6.07) is 9.43. The lowest BCUT2D eigenvalue weighted by Gasteiger charge is -2.38. The summed E-state index contributed by atoms with van der Waals surface area (Å²) in [5.41, 5.74) is 1.06. The molecule has 2 rings (SSSR count). The summed E-state index contributed by atoms with van der Waals surface area (Å²) in [6.07, 6.45) is 0.749. The molecule has 1 heterocycles. The Hall–Kier alpha value is -1.43. The van der Waals surface area contributed by atoms with Crippen molar-refractivity contribution in [1.82, 2.24) is 15.1 Å². The van der Waals surface area contributed by atoms with Crippen molar-refractivity contribution in [3.63, 3.8) is 0 Å². The first-order chi connectivity index (χ1) is 11.8. The van der Waals surface area contributed by atoms with Gasteiger partial charge in [0.05, 0.1) is 12.6 Å². The maximum Gasteiger partial charge on any atom is 0.242 e. The zero-order valence-electron chi connectivity index (χ0n) is 16.0. The number of hydrogen-bond donors (Lipinski definition) is 2. The molecule has 140 valence electrons. The number of nitrogens with zero attached hydrogens (tertiary/aromatic N) is 2. The third-order valence-corrected chi connectivity index (χ3v) is 4.69. The molecular formula is C20H33N3O2. The molecule has 1 amide bonds. The Kier molecular flexibility index (Phi) is 6.99. The fourth-order valence-corrected chi connectivity index (χ4v) is 3.42. The number of rotatable bonds is 6. The van der Waals surface area contributed by atoms with E-state index >= 15 is 0 Å². The number of aliphatic hydroxyl groups is 1. The van der Waals surface area contributed by atoms with Gasteiger partial charge in [-0.2, -0.15) is 0 Å². The van der Waals surface area contributed by atoms with Crippen LogP contribution < -0.4 is 5.32 Å². The molecule has 1 aliphatic heterocycles. The summed E-state index contributed by atoms with van der Waals surface area (Å²) in [5, 5.41) is 12.8. The van der Waals surface area contributed by atoms with Crippen molar-refractivity contribution in [1.29, 1.82) is 0 Å². The van der Waals surface area contributed by atoms with E-state index in [0.717, 1.165) is 38.2 Å².